The van der Waals surface area contributed by atoms with E-state index in [4.69, 9.17) is 5.11 Å². The van der Waals surface area contributed by atoms with Crippen LogP contribution in [0.3, 0.4) is 0 Å². The number of carbonyl (C=O) groups is 3. The molecular weight excluding hydrogens is 329 g/mol. The fourth-order valence-corrected chi connectivity index (χ4v) is 2.67. The molecule has 1 aliphatic heterocycles. The molecule has 136 valence electrons. The first-order valence-corrected chi connectivity index (χ1v) is 8.05. The molecule has 1 heterocycles. The van der Waals surface area contributed by atoms with Crippen LogP contribution in [-0.4, -0.2) is 59.0 Å². The van der Waals surface area contributed by atoms with Crippen molar-refractivity contribution in [3.63, 3.8) is 0 Å². The second kappa shape index (κ2) is 7.96. The Hall–Kier alpha value is -2.64. The quantitative estimate of drug-likeness (QED) is 0.808. The van der Waals surface area contributed by atoms with Gasteiger partial charge in [0.15, 0.2) is 0 Å². The van der Waals surface area contributed by atoms with Gasteiger partial charge in [-0.3, -0.25) is 9.59 Å². The summed E-state index contributed by atoms with van der Waals surface area (Å²) in [6, 6.07) is 4.82. The summed E-state index contributed by atoms with van der Waals surface area (Å²) in [7, 11) is 1.49. The fraction of sp³-hybridized carbons (Fsp3) is 0.471. The summed E-state index contributed by atoms with van der Waals surface area (Å²) in [6.45, 7) is 2.42. The van der Waals surface area contributed by atoms with E-state index in [1.165, 1.54) is 31.0 Å². The van der Waals surface area contributed by atoms with E-state index >= 15 is 0 Å². The SMILES string of the molecule is CC(CN(C)C(=O)NC1CCN(Cc2ccc(F)cc2)C1=O)C(=O)O. The molecule has 8 heteroatoms. The first-order chi connectivity index (χ1) is 11.8. The number of amides is 3. The van der Waals surface area contributed by atoms with Crippen LogP contribution in [0.15, 0.2) is 24.3 Å². The molecule has 0 aromatic heterocycles. The molecule has 1 aromatic carbocycles. The molecule has 0 bridgehead atoms. The third kappa shape index (κ3) is 4.91. The second-order valence-electron chi connectivity index (χ2n) is 6.30. The number of likely N-dealkylation sites (tertiary alicyclic amines) is 1. The molecule has 1 saturated heterocycles. The van der Waals surface area contributed by atoms with Gasteiger partial charge in [-0.15, -0.1) is 0 Å². The first-order valence-electron chi connectivity index (χ1n) is 8.05. The van der Waals surface area contributed by atoms with Crippen molar-refractivity contribution in [1.82, 2.24) is 15.1 Å². The first kappa shape index (κ1) is 18.7. The van der Waals surface area contributed by atoms with Crippen molar-refractivity contribution >= 4 is 17.9 Å². The predicted octanol–water partition coefficient (Wildman–Crippen LogP) is 1.29. The molecule has 25 heavy (non-hydrogen) atoms. The summed E-state index contributed by atoms with van der Waals surface area (Å²) >= 11 is 0. The van der Waals surface area contributed by atoms with Crippen LogP contribution >= 0.6 is 0 Å². The third-order valence-corrected chi connectivity index (χ3v) is 4.20. The van der Waals surface area contributed by atoms with Gasteiger partial charge in [-0.25, -0.2) is 9.18 Å². The van der Waals surface area contributed by atoms with Crippen molar-refractivity contribution in [1.29, 1.82) is 0 Å². The molecule has 0 saturated carbocycles. The average molecular weight is 351 g/mol. The summed E-state index contributed by atoms with van der Waals surface area (Å²) in [5, 5.41) is 11.5. The topological polar surface area (TPSA) is 90.0 Å². The smallest absolute Gasteiger partial charge is 0.317 e. The highest BCUT2D eigenvalue weighted by Crippen LogP contribution is 2.16. The highest BCUT2D eigenvalue weighted by molar-refractivity contribution is 5.88. The minimum atomic E-state index is -0.984. The summed E-state index contributed by atoms with van der Waals surface area (Å²) in [5.74, 6) is -2.20. The lowest BCUT2D eigenvalue weighted by atomic mass is 10.2. The number of rotatable bonds is 6. The lowest BCUT2D eigenvalue weighted by Gasteiger charge is -2.22. The number of benzene rings is 1. The molecule has 1 aliphatic rings. The normalized spacial score (nSPS) is 18.1. The Labute approximate surface area is 145 Å². The Bertz CT molecular complexity index is 650. The summed E-state index contributed by atoms with van der Waals surface area (Å²) < 4.78 is 12.9. The number of hydrogen-bond donors (Lipinski definition) is 2. The van der Waals surface area contributed by atoms with Crippen LogP contribution in [0.1, 0.15) is 18.9 Å². The van der Waals surface area contributed by atoms with Crippen molar-refractivity contribution in [2.45, 2.75) is 25.9 Å². The molecule has 0 radical (unpaired) electrons. The van der Waals surface area contributed by atoms with Crippen LogP contribution in [0.4, 0.5) is 9.18 Å². The summed E-state index contributed by atoms with van der Waals surface area (Å²) in [4.78, 5) is 38.2. The van der Waals surface area contributed by atoms with Gasteiger partial charge in [0.05, 0.1) is 5.92 Å². The molecule has 3 amide bonds. The van der Waals surface area contributed by atoms with Gasteiger partial charge in [-0.1, -0.05) is 19.1 Å². The van der Waals surface area contributed by atoms with E-state index in [9.17, 15) is 18.8 Å². The van der Waals surface area contributed by atoms with Gasteiger partial charge in [0.2, 0.25) is 5.91 Å². The Balaban J connectivity index is 1.87. The van der Waals surface area contributed by atoms with E-state index < -0.39 is 24.0 Å². The van der Waals surface area contributed by atoms with Crippen molar-refractivity contribution < 1.29 is 23.9 Å². The minimum Gasteiger partial charge on any atom is -0.481 e. The standard InChI is InChI=1S/C17H22FN3O4/c1-11(16(23)24)9-20(2)17(25)19-14-7-8-21(15(14)22)10-12-3-5-13(18)6-4-12/h3-6,11,14H,7-10H2,1-2H3,(H,19,25)(H,23,24). The van der Waals surface area contributed by atoms with Gasteiger partial charge in [-0.05, 0) is 24.1 Å². The van der Waals surface area contributed by atoms with E-state index in [1.807, 2.05) is 0 Å². The van der Waals surface area contributed by atoms with E-state index in [1.54, 1.807) is 17.0 Å². The van der Waals surface area contributed by atoms with E-state index in [-0.39, 0.29) is 18.3 Å². The van der Waals surface area contributed by atoms with Gasteiger partial charge in [0, 0.05) is 26.7 Å². The molecule has 0 spiro atoms. The number of carbonyl (C=O) groups excluding carboxylic acids is 2. The predicted molar refractivity (Wildman–Crippen MR) is 88.2 cm³/mol. The van der Waals surface area contributed by atoms with Gasteiger partial charge < -0.3 is 20.2 Å². The largest absolute Gasteiger partial charge is 0.481 e. The lowest BCUT2D eigenvalue weighted by molar-refractivity contribution is -0.141. The van der Waals surface area contributed by atoms with Gasteiger partial charge in [0.25, 0.3) is 0 Å². The summed E-state index contributed by atoms with van der Waals surface area (Å²) in [6.07, 6.45) is 0.480. The number of nitrogens with zero attached hydrogens (tertiary/aromatic N) is 2. The van der Waals surface area contributed by atoms with Gasteiger partial charge in [0.1, 0.15) is 11.9 Å². The number of urea groups is 1. The number of halogens is 1. The van der Waals surface area contributed by atoms with Crippen molar-refractivity contribution in [2.75, 3.05) is 20.1 Å². The fourth-order valence-electron chi connectivity index (χ4n) is 2.67. The minimum absolute atomic E-state index is 0.0569. The van der Waals surface area contributed by atoms with Crippen LogP contribution in [-0.2, 0) is 16.1 Å². The van der Waals surface area contributed by atoms with Crippen molar-refractivity contribution in [3.8, 4) is 0 Å². The monoisotopic (exact) mass is 351 g/mol. The third-order valence-electron chi connectivity index (χ3n) is 4.20. The molecule has 1 aromatic rings. The maximum absolute atomic E-state index is 12.9. The number of aliphatic carboxylic acids is 1. The Morgan fingerprint density at radius 1 is 1.40 bits per heavy atom. The molecule has 1 fully saturated rings. The van der Waals surface area contributed by atoms with E-state index in [0.717, 1.165) is 5.56 Å². The van der Waals surface area contributed by atoms with Crippen molar-refractivity contribution in [2.24, 2.45) is 5.92 Å². The van der Waals surface area contributed by atoms with E-state index in [2.05, 4.69) is 5.32 Å². The van der Waals surface area contributed by atoms with Gasteiger partial charge >= 0.3 is 12.0 Å². The van der Waals surface area contributed by atoms with Gasteiger partial charge in [-0.2, -0.15) is 0 Å². The highest BCUT2D eigenvalue weighted by Gasteiger charge is 2.33. The maximum Gasteiger partial charge on any atom is 0.317 e. The molecular formula is C17H22FN3O4. The Morgan fingerprint density at radius 2 is 2.04 bits per heavy atom. The molecule has 2 rings (SSSR count). The van der Waals surface area contributed by atoms with Crippen LogP contribution in [0.5, 0.6) is 0 Å². The zero-order valence-electron chi connectivity index (χ0n) is 14.2. The molecule has 2 unspecified atom stereocenters. The summed E-state index contributed by atoms with van der Waals surface area (Å²) in [5.41, 5.74) is 0.814. The molecule has 2 atom stereocenters. The zero-order chi connectivity index (χ0) is 18.6. The van der Waals surface area contributed by atoms with Crippen LogP contribution < -0.4 is 5.32 Å². The van der Waals surface area contributed by atoms with E-state index in [0.29, 0.717) is 19.5 Å². The second-order valence-corrected chi connectivity index (χ2v) is 6.30. The Morgan fingerprint density at radius 3 is 2.64 bits per heavy atom. The van der Waals surface area contributed by atoms with Crippen LogP contribution in [0, 0.1) is 11.7 Å². The van der Waals surface area contributed by atoms with Crippen LogP contribution in [0.25, 0.3) is 0 Å². The molecule has 0 aliphatic carbocycles. The van der Waals surface area contributed by atoms with Crippen LogP contribution in [0.2, 0.25) is 0 Å². The van der Waals surface area contributed by atoms with Crippen molar-refractivity contribution in [3.05, 3.63) is 35.6 Å². The highest BCUT2D eigenvalue weighted by atomic mass is 19.1. The number of carboxylic acids is 1. The Kier molecular flexibility index (Phi) is 5.95. The number of hydrogen-bond acceptors (Lipinski definition) is 3. The molecule has 2 N–H and O–H groups in total. The lowest BCUT2D eigenvalue weighted by Crippen LogP contribution is -2.48. The number of nitrogens with one attached hydrogen (secondary N) is 1. The maximum atomic E-state index is 12.9. The zero-order valence-corrected chi connectivity index (χ0v) is 14.2. The number of carboxylic acid groups (broad SMARTS) is 1. The average Bonchev–Trinajstić information content (AvgIpc) is 2.90. The molecule has 7 nitrogen and oxygen atoms in total.